The molecule has 5 nitrogen and oxygen atoms in total. The number of methoxy groups -OCH3 is 1. The summed E-state index contributed by atoms with van der Waals surface area (Å²) in [6, 6.07) is 7.21. The Hall–Kier alpha value is -2.04. The highest BCUT2D eigenvalue weighted by molar-refractivity contribution is 5.96. The van der Waals surface area contributed by atoms with Crippen LogP contribution in [0, 0.1) is 0 Å². The standard InChI is InChI=1S/C13H16N2O3/c1-9(16)14-10-7-13(17)15(8-10)11-3-5-12(18-2)6-4-11/h3-6,10H,7-8H2,1-2H3,(H,14,16)/t10-/m0/s1. The van der Waals surface area contributed by atoms with Crippen LogP contribution in [-0.2, 0) is 9.59 Å². The van der Waals surface area contributed by atoms with Gasteiger partial charge >= 0.3 is 0 Å². The summed E-state index contributed by atoms with van der Waals surface area (Å²) in [5.41, 5.74) is 0.827. The van der Waals surface area contributed by atoms with Crippen molar-refractivity contribution in [3.8, 4) is 5.75 Å². The molecular weight excluding hydrogens is 232 g/mol. The lowest BCUT2D eigenvalue weighted by Gasteiger charge is -2.17. The summed E-state index contributed by atoms with van der Waals surface area (Å²) in [6.07, 6.45) is 0.353. The van der Waals surface area contributed by atoms with Crippen LogP contribution in [0.5, 0.6) is 5.75 Å². The second-order valence-corrected chi connectivity index (χ2v) is 4.30. The molecule has 1 fully saturated rings. The number of ether oxygens (including phenoxy) is 1. The van der Waals surface area contributed by atoms with E-state index in [1.807, 2.05) is 24.3 Å². The van der Waals surface area contributed by atoms with Crippen molar-refractivity contribution in [3.63, 3.8) is 0 Å². The van der Waals surface area contributed by atoms with Gasteiger partial charge < -0.3 is 15.0 Å². The summed E-state index contributed by atoms with van der Waals surface area (Å²) >= 11 is 0. The molecule has 0 spiro atoms. The van der Waals surface area contributed by atoms with E-state index in [-0.39, 0.29) is 17.9 Å². The third kappa shape index (κ3) is 2.61. The Morgan fingerprint density at radius 2 is 2.06 bits per heavy atom. The Labute approximate surface area is 106 Å². The van der Waals surface area contributed by atoms with Crippen LogP contribution in [0.2, 0.25) is 0 Å². The van der Waals surface area contributed by atoms with Gasteiger partial charge in [-0.05, 0) is 24.3 Å². The van der Waals surface area contributed by atoms with Gasteiger partial charge in [0.25, 0.3) is 0 Å². The van der Waals surface area contributed by atoms with E-state index in [0.717, 1.165) is 11.4 Å². The number of carbonyl (C=O) groups excluding carboxylic acids is 2. The average molecular weight is 248 g/mol. The van der Waals surface area contributed by atoms with Crippen molar-refractivity contribution in [2.45, 2.75) is 19.4 Å². The summed E-state index contributed by atoms with van der Waals surface area (Å²) < 4.78 is 5.07. The molecule has 1 aliphatic rings. The number of carbonyl (C=O) groups is 2. The molecule has 0 unspecified atom stereocenters. The van der Waals surface area contributed by atoms with Gasteiger partial charge in [0.2, 0.25) is 11.8 Å². The molecule has 1 aromatic carbocycles. The topological polar surface area (TPSA) is 58.6 Å². The Bertz CT molecular complexity index is 456. The molecule has 2 rings (SSSR count). The van der Waals surface area contributed by atoms with Crippen LogP contribution in [0.1, 0.15) is 13.3 Å². The number of amides is 2. The first-order valence-corrected chi connectivity index (χ1v) is 5.81. The van der Waals surface area contributed by atoms with Gasteiger partial charge in [-0.3, -0.25) is 9.59 Å². The SMILES string of the molecule is COc1ccc(N2C[C@@H](NC(C)=O)CC2=O)cc1. The second kappa shape index (κ2) is 5.08. The van der Waals surface area contributed by atoms with Crippen LogP contribution in [0.4, 0.5) is 5.69 Å². The molecule has 96 valence electrons. The maximum Gasteiger partial charge on any atom is 0.229 e. The maximum atomic E-state index is 11.9. The first-order valence-electron chi connectivity index (χ1n) is 5.81. The molecule has 1 heterocycles. The van der Waals surface area contributed by atoms with Crippen LogP contribution >= 0.6 is 0 Å². The van der Waals surface area contributed by atoms with E-state index in [1.54, 1.807) is 12.0 Å². The van der Waals surface area contributed by atoms with Crippen LogP contribution < -0.4 is 15.0 Å². The lowest BCUT2D eigenvalue weighted by atomic mass is 10.2. The van der Waals surface area contributed by atoms with E-state index >= 15 is 0 Å². The van der Waals surface area contributed by atoms with Gasteiger partial charge in [0.1, 0.15) is 5.75 Å². The highest BCUT2D eigenvalue weighted by atomic mass is 16.5. The fraction of sp³-hybridized carbons (Fsp3) is 0.385. The fourth-order valence-electron chi connectivity index (χ4n) is 2.10. The lowest BCUT2D eigenvalue weighted by molar-refractivity contribution is -0.119. The molecule has 0 saturated carbocycles. The third-order valence-corrected chi connectivity index (χ3v) is 2.92. The van der Waals surface area contributed by atoms with Gasteiger partial charge in [-0.25, -0.2) is 0 Å². The normalized spacial score (nSPS) is 18.9. The number of benzene rings is 1. The maximum absolute atomic E-state index is 11.9. The third-order valence-electron chi connectivity index (χ3n) is 2.92. The minimum absolute atomic E-state index is 0.0268. The highest BCUT2D eigenvalue weighted by Crippen LogP contribution is 2.23. The van der Waals surface area contributed by atoms with Gasteiger partial charge in [0.05, 0.1) is 13.2 Å². The largest absolute Gasteiger partial charge is 0.497 e. The van der Waals surface area contributed by atoms with E-state index in [9.17, 15) is 9.59 Å². The number of hydrogen-bond donors (Lipinski definition) is 1. The van der Waals surface area contributed by atoms with Crippen molar-refractivity contribution < 1.29 is 14.3 Å². The van der Waals surface area contributed by atoms with E-state index in [2.05, 4.69) is 5.32 Å². The number of nitrogens with zero attached hydrogens (tertiary/aromatic N) is 1. The van der Waals surface area contributed by atoms with Gasteiger partial charge in [-0.1, -0.05) is 0 Å². The Balaban J connectivity index is 2.08. The first kappa shape index (κ1) is 12.4. The first-order chi connectivity index (χ1) is 8.60. The quantitative estimate of drug-likeness (QED) is 0.866. The average Bonchev–Trinajstić information content (AvgIpc) is 2.69. The molecule has 1 aromatic rings. The van der Waals surface area contributed by atoms with Crippen molar-refractivity contribution in [3.05, 3.63) is 24.3 Å². The van der Waals surface area contributed by atoms with Crippen LogP contribution in [-0.4, -0.2) is 31.5 Å². The molecule has 0 bridgehead atoms. The summed E-state index contributed by atoms with van der Waals surface area (Å²) in [6.45, 7) is 1.98. The van der Waals surface area contributed by atoms with E-state index in [1.165, 1.54) is 6.92 Å². The molecule has 1 N–H and O–H groups in total. The fourth-order valence-corrected chi connectivity index (χ4v) is 2.10. The van der Waals surface area contributed by atoms with Crippen molar-refractivity contribution in [2.75, 3.05) is 18.6 Å². The molecule has 0 aromatic heterocycles. The molecule has 1 saturated heterocycles. The van der Waals surface area contributed by atoms with Crippen LogP contribution in [0.3, 0.4) is 0 Å². The van der Waals surface area contributed by atoms with Gasteiger partial charge in [-0.2, -0.15) is 0 Å². The molecule has 0 radical (unpaired) electrons. The molecule has 1 aliphatic heterocycles. The zero-order valence-corrected chi connectivity index (χ0v) is 10.5. The van der Waals surface area contributed by atoms with Crippen LogP contribution in [0.25, 0.3) is 0 Å². The summed E-state index contributed by atoms with van der Waals surface area (Å²) in [5, 5.41) is 2.77. The van der Waals surface area contributed by atoms with Gasteiger partial charge in [-0.15, -0.1) is 0 Å². The van der Waals surface area contributed by atoms with Crippen molar-refractivity contribution in [1.29, 1.82) is 0 Å². The lowest BCUT2D eigenvalue weighted by Crippen LogP contribution is -2.35. The predicted molar refractivity (Wildman–Crippen MR) is 67.6 cm³/mol. The zero-order chi connectivity index (χ0) is 13.1. The monoisotopic (exact) mass is 248 g/mol. The summed E-state index contributed by atoms with van der Waals surface area (Å²) in [7, 11) is 1.60. The Morgan fingerprint density at radius 3 is 2.61 bits per heavy atom. The zero-order valence-electron chi connectivity index (χ0n) is 10.5. The van der Waals surface area contributed by atoms with E-state index in [0.29, 0.717) is 13.0 Å². The Morgan fingerprint density at radius 1 is 1.39 bits per heavy atom. The minimum atomic E-state index is -0.107. The number of anilines is 1. The smallest absolute Gasteiger partial charge is 0.229 e. The predicted octanol–water partition coefficient (Wildman–Crippen LogP) is 0.937. The summed E-state index contributed by atoms with van der Waals surface area (Å²) in [5.74, 6) is 0.673. The van der Waals surface area contributed by atoms with E-state index < -0.39 is 0 Å². The van der Waals surface area contributed by atoms with Crippen molar-refractivity contribution in [2.24, 2.45) is 0 Å². The minimum Gasteiger partial charge on any atom is -0.497 e. The molecule has 0 aliphatic carbocycles. The number of nitrogens with one attached hydrogen (secondary N) is 1. The van der Waals surface area contributed by atoms with E-state index in [4.69, 9.17) is 4.74 Å². The van der Waals surface area contributed by atoms with Gasteiger partial charge in [0.15, 0.2) is 0 Å². The molecular formula is C13H16N2O3. The van der Waals surface area contributed by atoms with Crippen molar-refractivity contribution >= 4 is 17.5 Å². The number of rotatable bonds is 3. The van der Waals surface area contributed by atoms with Crippen molar-refractivity contribution in [1.82, 2.24) is 5.32 Å². The van der Waals surface area contributed by atoms with Gasteiger partial charge in [0, 0.05) is 25.6 Å². The van der Waals surface area contributed by atoms with Crippen LogP contribution in [0.15, 0.2) is 24.3 Å². The molecule has 2 amide bonds. The highest BCUT2D eigenvalue weighted by Gasteiger charge is 2.30. The molecule has 1 atom stereocenters. The second-order valence-electron chi connectivity index (χ2n) is 4.30. The summed E-state index contributed by atoms with van der Waals surface area (Å²) in [4.78, 5) is 24.5. The number of hydrogen-bond acceptors (Lipinski definition) is 3. The Kier molecular flexibility index (Phi) is 3.50. The molecule has 18 heavy (non-hydrogen) atoms. The molecule has 5 heteroatoms.